The monoisotopic (exact) mass is 366 g/mol. The maximum atomic E-state index is 12.6. The summed E-state index contributed by atoms with van der Waals surface area (Å²) in [6.07, 6.45) is 0. The van der Waals surface area contributed by atoms with Crippen LogP contribution in [0.5, 0.6) is 0 Å². The number of benzene rings is 1. The molecule has 1 N–H and O–H groups in total. The minimum Gasteiger partial charge on any atom is -0.309 e. The second-order valence-electron chi connectivity index (χ2n) is 5.22. The number of nitrogens with zero attached hydrogens (tertiary/aromatic N) is 1. The Labute approximate surface area is 127 Å². The molecule has 0 bridgehead atoms. The van der Waals surface area contributed by atoms with Crippen molar-refractivity contribution >= 4 is 37.6 Å². The van der Waals surface area contributed by atoms with E-state index in [9.17, 15) is 8.42 Å². The van der Waals surface area contributed by atoms with Gasteiger partial charge < -0.3 is 5.32 Å². The molecule has 19 heavy (non-hydrogen) atoms. The summed E-state index contributed by atoms with van der Waals surface area (Å²) >= 11 is 9.33. The zero-order chi connectivity index (χ0) is 14.3. The third-order valence-electron chi connectivity index (χ3n) is 3.05. The first-order valence-electron chi connectivity index (χ1n) is 5.93. The molecule has 0 radical (unpaired) electrons. The molecule has 0 unspecified atom stereocenters. The van der Waals surface area contributed by atoms with E-state index in [1.54, 1.807) is 12.1 Å². The highest BCUT2D eigenvalue weighted by molar-refractivity contribution is 9.10. The molecule has 1 aromatic carbocycles. The minimum atomic E-state index is -3.54. The molecule has 0 saturated carbocycles. The summed E-state index contributed by atoms with van der Waals surface area (Å²) in [5, 5.41) is 3.53. The molecular weight excluding hydrogens is 352 g/mol. The highest BCUT2D eigenvalue weighted by atomic mass is 79.9. The molecule has 0 aromatic heterocycles. The standard InChI is InChI=1S/C12H16BrClN2O2S/c1-12(2)8-16(6-5-15-12)19(17,18)11-4-3-9(13)7-10(11)14/h3-4,7,15H,5-6,8H2,1-2H3. The van der Waals surface area contributed by atoms with Gasteiger partial charge in [-0.15, -0.1) is 0 Å². The van der Waals surface area contributed by atoms with Gasteiger partial charge in [0.2, 0.25) is 10.0 Å². The zero-order valence-electron chi connectivity index (χ0n) is 10.8. The van der Waals surface area contributed by atoms with Crippen molar-refractivity contribution in [3.05, 3.63) is 27.7 Å². The lowest BCUT2D eigenvalue weighted by molar-refractivity contribution is 0.233. The zero-order valence-corrected chi connectivity index (χ0v) is 13.9. The number of nitrogens with one attached hydrogen (secondary N) is 1. The Kier molecular flexibility index (Phi) is 4.28. The van der Waals surface area contributed by atoms with E-state index < -0.39 is 10.0 Å². The van der Waals surface area contributed by atoms with E-state index in [0.29, 0.717) is 19.6 Å². The van der Waals surface area contributed by atoms with E-state index in [2.05, 4.69) is 21.2 Å². The van der Waals surface area contributed by atoms with Crippen LogP contribution in [0.2, 0.25) is 5.02 Å². The van der Waals surface area contributed by atoms with Crippen molar-refractivity contribution in [1.29, 1.82) is 0 Å². The molecule has 7 heteroatoms. The van der Waals surface area contributed by atoms with Crippen molar-refractivity contribution in [2.24, 2.45) is 0 Å². The van der Waals surface area contributed by atoms with Crippen molar-refractivity contribution in [3.8, 4) is 0 Å². The summed E-state index contributed by atoms with van der Waals surface area (Å²) in [7, 11) is -3.54. The van der Waals surface area contributed by atoms with Crippen LogP contribution >= 0.6 is 27.5 Å². The molecule has 1 aliphatic heterocycles. The van der Waals surface area contributed by atoms with Crippen LogP contribution in [0.1, 0.15) is 13.8 Å². The molecule has 106 valence electrons. The fourth-order valence-electron chi connectivity index (χ4n) is 2.12. The lowest BCUT2D eigenvalue weighted by Crippen LogP contribution is -2.58. The lowest BCUT2D eigenvalue weighted by Gasteiger charge is -2.38. The number of halogens is 2. The van der Waals surface area contributed by atoms with Crippen LogP contribution in [0.3, 0.4) is 0 Å². The predicted octanol–water partition coefficient (Wildman–Crippen LogP) is 2.48. The minimum absolute atomic E-state index is 0.162. The molecule has 1 aliphatic rings. The van der Waals surface area contributed by atoms with Crippen molar-refractivity contribution in [2.75, 3.05) is 19.6 Å². The molecule has 1 saturated heterocycles. The second kappa shape index (κ2) is 5.33. The van der Waals surface area contributed by atoms with Crippen LogP contribution in [-0.4, -0.2) is 37.9 Å². The second-order valence-corrected chi connectivity index (χ2v) is 8.45. The first-order chi connectivity index (χ1) is 8.72. The van der Waals surface area contributed by atoms with E-state index in [0.717, 1.165) is 4.47 Å². The van der Waals surface area contributed by atoms with Crippen LogP contribution < -0.4 is 5.32 Å². The van der Waals surface area contributed by atoms with Crippen molar-refractivity contribution in [2.45, 2.75) is 24.3 Å². The Morgan fingerprint density at radius 3 is 2.68 bits per heavy atom. The van der Waals surface area contributed by atoms with E-state index in [1.807, 2.05) is 13.8 Å². The Balaban J connectivity index is 2.37. The fourth-order valence-corrected chi connectivity index (χ4v) is 4.74. The highest BCUT2D eigenvalue weighted by Crippen LogP contribution is 2.29. The highest BCUT2D eigenvalue weighted by Gasteiger charge is 2.34. The quantitative estimate of drug-likeness (QED) is 0.873. The maximum absolute atomic E-state index is 12.6. The van der Waals surface area contributed by atoms with Crippen LogP contribution in [0.25, 0.3) is 0 Å². The normalized spacial score (nSPS) is 20.4. The first kappa shape index (κ1) is 15.3. The maximum Gasteiger partial charge on any atom is 0.244 e. The molecule has 0 spiro atoms. The van der Waals surface area contributed by atoms with Gasteiger partial charge >= 0.3 is 0 Å². The third-order valence-corrected chi connectivity index (χ3v) is 5.87. The van der Waals surface area contributed by atoms with E-state index in [-0.39, 0.29) is 15.5 Å². The molecular formula is C12H16BrClN2O2S. The molecule has 0 aliphatic carbocycles. The number of sulfonamides is 1. The van der Waals surface area contributed by atoms with Gasteiger partial charge in [0.1, 0.15) is 4.90 Å². The molecule has 0 amide bonds. The van der Waals surface area contributed by atoms with Gasteiger partial charge in [0.25, 0.3) is 0 Å². The SMILES string of the molecule is CC1(C)CN(S(=O)(=O)c2ccc(Br)cc2Cl)CCN1. The summed E-state index contributed by atoms with van der Waals surface area (Å²) < 4.78 is 27.5. The molecule has 1 fully saturated rings. The Morgan fingerprint density at radius 1 is 1.42 bits per heavy atom. The Morgan fingerprint density at radius 2 is 2.11 bits per heavy atom. The molecule has 2 rings (SSSR count). The Hall–Kier alpha value is -0.140. The van der Waals surface area contributed by atoms with Gasteiger partial charge in [-0.25, -0.2) is 8.42 Å². The molecule has 1 aromatic rings. The van der Waals surface area contributed by atoms with Crippen LogP contribution in [0, 0.1) is 0 Å². The van der Waals surface area contributed by atoms with E-state index in [1.165, 1.54) is 10.4 Å². The number of hydrogen-bond donors (Lipinski definition) is 1. The summed E-state index contributed by atoms with van der Waals surface area (Å²) in [6.45, 7) is 5.50. The van der Waals surface area contributed by atoms with Crippen molar-refractivity contribution in [3.63, 3.8) is 0 Å². The summed E-state index contributed by atoms with van der Waals surface area (Å²) in [4.78, 5) is 0.162. The average Bonchev–Trinajstić information content (AvgIpc) is 2.27. The first-order valence-corrected chi connectivity index (χ1v) is 8.54. The van der Waals surface area contributed by atoms with Gasteiger partial charge in [-0.2, -0.15) is 4.31 Å². The number of hydrogen-bond acceptors (Lipinski definition) is 3. The van der Waals surface area contributed by atoms with Crippen molar-refractivity contribution < 1.29 is 8.42 Å². The number of piperazine rings is 1. The van der Waals surface area contributed by atoms with Gasteiger partial charge in [-0.1, -0.05) is 27.5 Å². The Bertz CT molecular complexity index is 589. The summed E-state index contributed by atoms with van der Waals surface area (Å²) in [5.41, 5.74) is -0.229. The number of rotatable bonds is 2. The molecule has 1 heterocycles. The van der Waals surface area contributed by atoms with Gasteiger partial charge in [-0.05, 0) is 32.0 Å². The summed E-state index contributed by atoms with van der Waals surface area (Å²) in [5.74, 6) is 0. The van der Waals surface area contributed by atoms with Crippen LogP contribution in [0.4, 0.5) is 0 Å². The molecule has 4 nitrogen and oxygen atoms in total. The van der Waals surface area contributed by atoms with Crippen molar-refractivity contribution in [1.82, 2.24) is 9.62 Å². The van der Waals surface area contributed by atoms with E-state index in [4.69, 9.17) is 11.6 Å². The van der Waals surface area contributed by atoms with Crippen LogP contribution in [0.15, 0.2) is 27.6 Å². The van der Waals surface area contributed by atoms with E-state index >= 15 is 0 Å². The topological polar surface area (TPSA) is 49.4 Å². The smallest absolute Gasteiger partial charge is 0.244 e. The van der Waals surface area contributed by atoms with Crippen LogP contribution in [-0.2, 0) is 10.0 Å². The third kappa shape index (κ3) is 3.31. The van der Waals surface area contributed by atoms with Gasteiger partial charge in [0, 0.05) is 29.6 Å². The largest absolute Gasteiger partial charge is 0.309 e. The van der Waals surface area contributed by atoms with Gasteiger partial charge in [-0.3, -0.25) is 0 Å². The van der Waals surface area contributed by atoms with Gasteiger partial charge in [0.15, 0.2) is 0 Å². The fraction of sp³-hybridized carbons (Fsp3) is 0.500. The summed E-state index contributed by atoms with van der Waals surface area (Å²) in [6, 6.07) is 4.82. The predicted molar refractivity (Wildman–Crippen MR) is 80.0 cm³/mol. The molecule has 0 atom stereocenters. The van der Waals surface area contributed by atoms with Gasteiger partial charge in [0.05, 0.1) is 5.02 Å². The lowest BCUT2D eigenvalue weighted by atomic mass is 10.0. The average molecular weight is 368 g/mol.